The maximum absolute atomic E-state index is 12.5. The van der Waals surface area contributed by atoms with Crippen molar-refractivity contribution < 1.29 is 24.2 Å². The van der Waals surface area contributed by atoms with Gasteiger partial charge in [-0.25, -0.2) is 4.79 Å². The van der Waals surface area contributed by atoms with Gasteiger partial charge in [0.1, 0.15) is 6.04 Å². The van der Waals surface area contributed by atoms with Crippen LogP contribution in [0, 0.1) is 0 Å². The van der Waals surface area contributed by atoms with Gasteiger partial charge in [0.2, 0.25) is 0 Å². The van der Waals surface area contributed by atoms with Crippen LogP contribution >= 0.6 is 23.2 Å². The molecule has 172 valence electrons. The van der Waals surface area contributed by atoms with E-state index in [0.29, 0.717) is 13.2 Å². The molecule has 0 radical (unpaired) electrons. The van der Waals surface area contributed by atoms with E-state index in [0.717, 1.165) is 17.5 Å². The monoisotopic (exact) mass is 479 g/mol. The lowest BCUT2D eigenvalue weighted by Crippen LogP contribution is -2.40. The van der Waals surface area contributed by atoms with Gasteiger partial charge in [-0.15, -0.1) is 0 Å². The van der Waals surface area contributed by atoms with Crippen molar-refractivity contribution >= 4 is 41.2 Å². The minimum Gasteiger partial charge on any atom is -0.480 e. The summed E-state index contributed by atoms with van der Waals surface area (Å²) in [6, 6.07) is 11.4. The van der Waals surface area contributed by atoms with Crippen LogP contribution in [0.5, 0.6) is 0 Å². The molecule has 2 aromatic carbocycles. The summed E-state index contributed by atoms with van der Waals surface area (Å²) in [5, 5.41) is 12.3. The van der Waals surface area contributed by atoms with E-state index in [2.05, 4.69) is 12.2 Å². The first-order valence-electron chi connectivity index (χ1n) is 10.2. The zero-order valence-electron chi connectivity index (χ0n) is 18.0. The van der Waals surface area contributed by atoms with E-state index in [1.54, 1.807) is 25.3 Å². The van der Waals surface area contributed by atoms with Gasteiger partial charge in [0.05, 0.1) is 34.9 Å². The molecule has 2 N–H and O–H groups in total. The Kier molecular flexibility index (Phi) is 10.7. The molecule has 0 aliphatic carbocycles. The second kappa shape index (κ2) is 13.2. The highest BCUT2D eigenvalue weighted by Gasteiger charge is 2.22. The summed E-state index contributed by atoms with van der Waals surface area (Å²) in [7, 11) is 1.64. The summed E-state index contributed by atoms with van der Waals surface area (Å²) in [5.74, 6) is -1.79. The van der Waals surface area contributed by atoms with Crippen LogP contribution in [0.2, 0.25) is 10.0 Å². The predicted molar refractivity (Wildman–Crippen MR) is 126 cm³/mol. The number of carbonyl (C=O) groups excluding carboxylic acids is 1. The summed E-state index contributed by atoms with van der Waals surface area (Å²) < 4.78 is 10.8. The van der Waals surface area contributed by atoms with Crippen LogP contribution in [-0.4, -0.2) is 43.3 Å². The summed E-state index contributed by atoms with van der Waals surface area (Å²) in [6.45, 7) is 3.13. The van der Waals surface area contributed by atoms with Gasteiger partial charge < -0.3 is 19.9 Å². The first-order chi connectivity index (χ1) is 15.4. The van der Waals surface area contributed by atoms with Crippen LogP contribution in [0.1, 0.15) is 47.4 Å². The van der Waals surface area contributed by atoms with Crippen LogP contribution in [0.25, 0.3) is 6.08 Å². The SMILES string of the molecule is CCC(OCCOC)c1ccc(/C=C/CC(NC(=O)c2c(Cl)cccc2Cl)C(=O)O)cc1. The number of benzene rings is 2. The van der Waals surface area contributed by atoms with Crippen molar-refractivity contribution in [1.82, 2.24) is 5.32 Å². The second-order valence-electron chi connectivity index (χ2n) is 7.03. The average molecular weight is 480 g/mol. The molecule has 0 aromatic heterocycles. The van der Waals surface area contributed by atoms with E-state index in [1.165, 1.54) is 12.1 Å². The largest absolute Gasteiger partial charge is 0.480 e. The topological polar surface area (TPSA) is 84.9 Å². The average Bonchev–Trinajstić information content (AvgIpc) is 2.76. The van der Waals surface area contributed by atoms with E-state index >= 15 is 0 Å². The Hall–Kier alpha value is -2.38. The number of hydrogen-bond donors (Lipinski definition) is 2. The molecular weight excluding hydrogens is 453 g/mol. The van der Waals surface area contributed by atoms with Gasteiger partial charge >= 0.3 is 5.97 Å². The molecule has 0 fully saturated rings. The molecule has 0 bridgehead atoms. The Labute approximate surface area is 198 Å². The quantitative estimate of drug-likeness (QED) is 0.398. The first-order valence-corrected chi connectivity index (χ1v) is 11.0. The molecule has 2 unspecified atom stereocenters. The van der Waals surface area contributed by atoms with Crippen LogP contribution in [0.4, 0.5) is 0 Å². The van der Waals surface area contributed by atoms with Crippen molar-refractivity contribution in [1.29, 1.82) is 0 Å². The zero-order chi connectivity index (χ0) is 23.5. The van der Waals surface area contributed by atoms with Gasteiger partial charge in [-0.2, -0.15) is 0 Å². The molecule has 2 rings (SSSR count). The zero-order valence-corrected chi connectivity index (χ0v) is 19.5. The molecule has 0 saturated carbocycles. The standard InChI is InChI=1S/C24H27Cl2NO5/c1-3-21(32-15-14-31-2)17-12-10-16(11-13-17)6-4-9-20(24(29)30)27-23(28)22-18(25)7-5-8-19(22)26/h4-8,10-13,20-21H,3,9,14-15H2,1-2H3,(H,27,28)(H,29,30)/b6-4+. The molecule has 2 aromatic rings. The number of nitrogens with one attached hydrogen (secondary N) is 1. The van der Waals surface area contributed by atoms with E-state index < -0.39 is 17.9 Å². The Morgan fingerprint density at radius 1 is 1.09 bits per heavy atom. The van der Waals surface area contributed by atoms with E-state index in [-0.39, 0.29) is 28.1 Å². The lowest BCUT2D eigenvalue weighted by atomic mass is 10.0. The number of amides is 1. The number of methoxy groups -OCH3 is 1. The highest BCUT2D eigenvalue weighted by atomic mass is 35.5. The number of carboxylic acids is 1. The molecule has 2 atom stereocenters. The number of halogens is 2. The predicted octanol–water partition coefficient (Wildman–Crippen LogP) is 5.39. The molecule has 1 amide bonds. The normalized spacial score (nSPS) is 13.1. The summed E-state index contributed by atoms with van der Waals surface area (Å²) in [5.41, 5.74) is 2.03. The third kappa shape index (κ3) is 7.64. The maximum Gasteiger partial charge on any atom is 0.326 e. The van der Waals surface area contributed by atoms with E-state index in [9.17, 15) is 14.7 Å². The second-order valence-corrected chi connectivity index (χ2v) is 7.84. The first kappa shape index (κ1) is 25.9. The Morgan fingerprint density at radius 2 is 1.75 bits per heavy atom. The Balaban J connectivity index is 1.99. The number of ether oxygens (including phenoxy) is 2. The molecule has 32 heavy (non-hydrogen) atoms. The van der Waals surface area contributed by atoms with Crippen molar-refractivity contribution in [3.63, 3.8) is 0 Å². The van der Waals surface area contributed by atoms with Crippen molar-refractivity contribution in [2.24, 2.45) is 0 Å². The third-order valence-electron chi connectivity index (χ3n) is 4.76. The van der Waals surface area contributed by atoms with E-state index in [1.807, 2.05) is 24.3 Å². The Bertz CT molecular complexity index is 910. The number of carboxylic acid groups (broad SMARTS) is 1. The molecule has 0 spiro atoms. The van der Waals surface area contributed by atoms with Crippen molar-refractivity contribution in [2.75, 3.05) is 20.3 Å². The summed E-state index contributed by atoms with van der Waals surface area (Å²) in [4.78, 5) is 24.1. The molecule has 0 saturated heterocycles. The van der Waals surface area contributed by atoms with Crippen LogP contribution < -0.4 is 5.32 Å². The van der Waals surface area contributed by atoms with Gasteiger partial charge in [0, 0.05) is 7.11 Å². The molecular formula is C24H27Cl2NO5. The van der Waals surface area contributed by atoms with Gasteiger partial charge in [0.25, 0.3) is 5.91 Å². The summed E-state index contributed by atoms with van der Waals surface area (Å²) >= 11 is 12.1. The van der Waals surface area contributed by atoms with Crippen molar-refractivity contribution in [3.05, 3.63) is 75.3 Å². The van der Waals surface area contributed by atoms with Crippen LogP contribution in [0.3, 0.4) is 0 Å². The number of aliphatic carboxylic acids is 1. The number of hydrogen-bond acceptors (Lipinski definition) is 4. The molecule has 0 aliphatic heterocycles. The fourth-order valence-corrected chi connectivity index (χ4v) is 3.62. The van der Waals surface area contributed by atoms with Gasteiger partial charge in [-0.05, 0) is 36.1 Å². The van der Waals surface area contributed by atoms with Gasteiger partial charge in [-0.1, -0.05) is 72.6 Å². The smallest absolute Gasteiger partial charge is 0.326 e. The molecule has 6 nitrogen and oxygen atoms in total. The van der Waals surface area contributed by atoms with Crippen LogP contribution in [-0.2, 0) is 14.3 Å². The third-order valence-corrected chi connectivity index (χ3v) is 5.39. The lowest BCUT2D eigenvalue weighted by molar-refractivity contribution is -0.139. The Morgan fingerprint density at radius 3 is 2.31 bits per heavy atom. The fourth-order valence-electron chi connectivity index (χ4n) is 3.05. The van der Waals surface area contributed by atoms with Crippen molar-refractivity contribution in [3.8, 4) is 0 Å². The molecule has 0 heterocycles. The highest BCUT2D eigenvalue weighted by Crippen LogP contribution is 2.24. The van der Waals surface area contributed by atoms with Gasteiger partial charge in [-0.3, -0.25) is 4.79 Å². The molecule has 0 aliphatic rings. The van der Waals surface area contributed by atoms with Crippen molar-refractivity contribution in [2.45, 2.75) is 31.9 Å². The minimum absolute atomic E-state index is 0.00795. The van der Waals surface area contributed by atoms with Crippen LogP contribution in [0.15, 0.2) is 48.5 Å². The maximum atomic E-state index is 12.5. The number of carbonyl (C=O) groups is 2. The van der Waals surface area contributed by atoms with Gasteiger partial charge in [0.15, 0.2) is 0 Å². The number of rotatable bonds is 12. The minimum atomic E-state index is -1.15. The summed E-state index contributed by atoms with van der Waals surface area (Å²) in [6.07, 6.45) is 4.44. The van der Waals surface area contributed by atoms with E-state index in [4.69, 9.17) is 32.7 Å². The lowest BCUT2D eigenvalue weighted by Gasteiger charge is -2.16. The fraction of sp³-hybridized carbons (Fsp3) is 0.333. The highest BCUT2D eigenvalue weighted by molar-refractivity contribution is 6.39. The molecule has 8 heteroatoms.